The number of halogens is 1. The molecule has 1 atom stereocenters. The average Bonchev–Trinajstić information content (AvgIpc) is 2.26. The van der Waals surface area contributed by atoms with Crippen LogP contribution in [-0.2, 0) is 0 Å². The van der Waals surface area contributed by atoms with Gasteiger partial charge in [0.1, 0.15) is 11.9 Å². The van der Waals surface area contributed by atoms with E-state index in [2.05, 4.69) is 12.2 Å². The molecule has 1 N–H and O–H groups in total. The fourth-order valence-corrected chi connectivity index (χ4v) is 1.38. The molecular weight excluding hydrogens is 191 g/mol. The molecule has 1 aromatic rings. The van der Waals surface area contributed by atoms with Crippen LogP contribution >= 0.6 is 0 Å². The van der Waals surface area contributed by atoms with Crippen molar-refractivity contribution in [3.05, 3.63) is 35.1 Å². The Kier molecular flexibility index (Phi) is 4.26. The lowest BCUT2D eigenvalue weighted by molar-refractivity contribution is 0.567. The Bertz CT molecular complexity index is 368. The van der Waals surface area contributed by atoms with Crippen LogP contribution in [0.15, 0.2) is 18.2 Å². The van der Waals surface area contributed by atoms with Crippen molar-refractivity contribution in [1.29, 1.82) is 5.26 Å². The second-order valence-corrected chi connectivity index (χ2v) is 3.53. The summed E-state index contributed by atoms with van der Waals surface area (Å²) in [5, 5.41) is 12.0. The second kappa shape index (κ2) is 5.47. The second-order valence-electron chi connectivity index (χ2n) is 3.53. The summed E-state index contributed by atoms with van der Waals surface area (Å²) < 4.78 is 13.0. The Balaban J connectivity index is 2.82. The quantitative estimate of drug-likeness (QED) is 0.822. The molecule has 15 heavy (non-hydrogen) atoms. The zero-order chi connectivity index (χ0) is 11.3. The lowest BCUT2D eigenvalue weighted by Gasteiger charge is -2.13. The highest BCUT2D eigenvalue weighted by atomic mass is 19.1. The van der Waals surface area contributed by atoms with Crippen LogP contribution in [0.25, 0.3) is 0 Å². The molecule has 1 unspecified atom stereocenters. The summed E-state index contributed by atoms with van der Waals surface area (Å²) in [6.45, 7) is 5.01. The van der Waals surface area contributed by atoms with E-state index in [1.807, 2.05) is 13.0 Å². The third kappa shape index (κ3) is 3.03. The van der Waals surface area contributed by atoms with Crippen LogP contribution in [0.4, 0.5) is 4.39 Å². The Morgan fingerprint density at radius 2 is 2.27 bits per heavy atom. The predicted octanol–water partition coefficient (Wildman–Crippen LogP) is 2.76. The SMILES string of the molecule is CCCNC(C)c1ccc(F)c(C#N)c1. The predicted molar refractivity (Wildman–Crippen MR) is 57.8 cm³/mol. The fraction of sp³-hybridized carbons (Fsp3) is 0.417. The monoisotopic (exact) mass is 206 g/mol. The van der Waals surface area contributed by atoms with E-state index in [4.69, 9.17) is 5.26 Å². The highest BCUT2D eigenvalue weighted by molar-refractivity contribution is 5.35. The van der Waals surface area contributed by atoms with Crippen molar-refractivity contribution < 1.29 is 4.39 Å². The molecule has 3 heteroatoms. The third-order valence-corrected chi connectivity index (χ3v) is 2.31. The maximum Gasteiger partial charge on any atom is 0.140 e. The molecule has 0 spiro atoms. The number of hydrogen-bond donors (Lipinski definition) is 1. The Morgan fingerprint density at radius 1 is 1.53 bits per heavy atom. The zero-order valence-electron chi connectivity index (χ0n) is 9.05. The minimum atomic E-state index is -0.455. The molecule has 0 radical (unpaired) electrons. The molecular formula is C12H15FN2. The number of nitriles is 1. The first-order valence-electron chi connectivity index (χ1n) is 5.12. The summed E-state index contributed by atoms with van der Waals surface area (Å²) >= 11 is 0. The molecule has 0 amide bonds. The number of nitrogens with zero attached hydrogens (tertiary/aromatic N) is 1. The molecule has 0 aromatic heterocycles. The van der Waals surface area contributed by atoms with Gasteiger partial charge in [0, 0.05) is 6.04 Å². The summed E-state index contributed by atoms with van der Waals surface area (Å²) in [4.78, 5) is 0. The minimum Gasteiger partial charge on any atom is -0.310 e. The average molecular weight is 206 g/mol. The number of hydrogen-bond acceptors (Lipinski definition) is 2. The van der Waals surface area contributed by atoms with Gasteiger partial charge in [-0.3, -0.25) is 0 Å². The number of benzene rings is 1. The molecule has 0 bridgehead atoms. The highest BCUT2D eigenvalue weighted by Crippen LogP contribution is 2.16. The Labute approximate surface area is 89.7 Å². The van der Waals surface area contributed by atoms with Crippen LogP contribution in [0.1, 0.15) is 37.4 Å². The maximum absolute atomic E-state index is 13.0. The van der Waals surface area contributed by atoms with Gasteiger partial charge < -0.3 is 5.32 Å². The summed E-state index contributed by atoms with van der Waals surface area (Å²) in [6, 6.07) is 6.65. The summed E-state index contributed by atoms with van der Waals surface area (Å²) in [7, 11) is 0. The maximum atomic E-state index is 13.0. The molecule has 2 nitrogen and oxygen atoms in total. The van der Waals surface area contributed by atoms with E-state index >= 15 is 0 Å². The van der Waals surface area contributed by atoms with Crippen molar-refractivity contribution in [3.63, 3.8) is 0 Å². The van der Waals surface area contributed by atoms with E-state index < -0.39 is 5.82 Å². The van der Waals surface area contributed by atoms with Crippen LogP contribution in [-0.4, -0.2) is 6.54 Å². The van der Waals surface area contributed by atoms with Crippen molar-refractivity contribution in [3.8, 4) is 6.07 Å². The van der Waals surface area contributed by atoms with Gasteiger partial charge >= 0.3 is 0 Å². The van der Waals surface area contributed by atoms with Crippen molar-refractivity contribution in [2.45, 2.75) is 26.3 Å². The first kappa shape index (κ1) is 11.7. The topological polar surface area (TPSA) is 35.8 Å². The van der Waals surface area contributed by atoms with Crippen molar-refractivity contribution >= 4 is 0 Å². The molecule has 1 rings (SSSR count). The third-order valence-electron chi connectivity index (χ3n) is 2.31. The molecule has 0 saturated heterocycles. The smallest absolute Gasteiger partial charge is 0.140 e. The van der Waals surface area contributed by atoms with Gasteiger partial charge in [0.25, 0.3) is 0 Å². The normalized spacial score (nSPS) is 12.1. The van der Waals surface area contributed by atoms with E-state index in [1.165, 1.54) is 6.07 Å². The number of rotatable bonds is 4. The van der Waals surface area contributed by atoms with Gasteiger partial charge in [0.15, 0.2) is 0 Å². The first-order chi connectivity index (χ1) is 7.19. The van der Waals surface area contributed by atoms with Crippen LogP contribution in [0.3, 0.4) is 0 Å². The van der Waals surface area contributed by atoms with Crippen LogP contribution in [0.2, 0.25) is 0 Å². The number of nitrogens with one attached hydrogen (secondary N) is 1. The van der Waals surface area contributed by atoms with Gasteiger partial charge in [-0.1, -0.05) is 13.0 Å². The van der Waals surface area contributed by atoms with Gasteiger partial charge in [-0.05, 0) is 37.6 Å². The zero-order valence-corrected chi connectivity index (χ0v) is 9.05. The minimum absolute atomic E-state index is 0.109. The molecule has 0 aliphatic rings. The molecule has 1 aromatic carbocycles. The van der Waals surface area contributed by atoms with E-state index in [9.17, 15) is 4.39 Å². The lowest BCUT2D eigenvalue weighted by Crippen LogP contribution is -2.19. The molecule has 0 aliphatic carbocycles. The largest absolute Gasteiger partial charge is 0.310 e. The van der Waals surface area contributed by atoms with E-state index in [0.717, 1.165) is 18.5 Å². The van der Waals surface area contributed by atoms with Crippen molar-refractivity contribution in [1.82, 2.24) is 5.32 Å². The molecule has 0 saturated carbocycles. The summed E-state index contributed by atoms with van der Waals surface area (Å²) in [5.41, 5.74) is 1.05. The van der Waals surface area contributed by atoms with Gasteiger partial charge in [-0.15, -0.1) is 0 Å². The molecule has 0 fully saturated rings. The van der Waals surface area contributed by atoms with Gasteiger partial charge in [0.05, 0.1) is 5.56 Å². The van der Waals surface area contributed by atoms with Gasteiger partial charge in [-0.25, -0.2) is 4.39 Å². The Morgan fingerprint density at radius 3 is 2.87 bits per heavy atom. The highest BCUT2D eigenvalue weighted by Gasteiger charge is 2.07. The fourth-order valence-electron chi connectivity index (χ4n) is 1.38. The van der Waals surface area contributed by atoms with E-state index in [1.54, 1.807) is 12.1 Å². The van der Waals surface area contributed by atoms with E-state index in [0.29, 0.717) is 0 Å². The van der Waals surface area contributed by atoms with Crippen LogP contribution in [0.5, 0.6) is 0 Å². The standard InChI is InChI=1S/C12H15FN2/c1-3-6-15-9(2)10-4-5-12(13)11(7-10)8-14/h4-5,7,9,15H,3,6H2,1-2H3. The molecule has 80 valence electrons. The van der Waals surface area contributed by atoms with Gasteiger partial charge in [0.2, 0.25) is 0 Å². The van der Waals surface area contributed by atoms with E-state index in [-0.39, 0.29) is 11.6 Å². The van der Waals surface area contributed by atoms with Crippen molar-refractivity contribution in [2.75, 3.05) is 6.54 Å². The van der Waals surface area contributed by atoms with Crippen LogP contribution < -0.4 is 5.32 Å². The lowest BCUT2D eigenvalue weighted by atomic mass is 10.1. The summed E-state index contributed by atoms with van der Waals surface area (Å²) in [5.74, 6) is -0.455. The molecule has 0 heterocycles. The first-order valence-corrected chi connectivity index (χ1v) is 5.12. The summed E-state index contributed by atoms with van der Waals surface area (Å²) in [6.07, 6.45) is 1.05. The Hall–Kier alpha value is -1.40. The van der Waals surface area contributed by atoms with Crippen LogP contribution in [0, 0.1) is 17.1 Å². The molecule has 0 aliphatic heterocycles. The van der Waals surface area contributed by atoms with Crippen molar-refractivity contribution in [2.24, 2.45) is 0 Å². The van der Waals surface area contributed by atoms with Gasteiger partial charge in [-0.2, -0.15) is 5.26 Å².